The van der Waals surface area contributed by atoms with E-state index in [0.29, 0.717) is 45.6 Å². The molecular weight excluding hydrogens is 419 g/mol. The highest BCUT2D eigenvalue weighted by Gasteiger charge is 2.44. The van der Waals surface area contributed by atoms with Crippen LogP contribution in [0.25, 0.3) is 0 Å². The van der Waals surface area contributed by atoms with Crippen LogP contribution in [0.2, 0.25) is 0 Å². The van der Waals surface area contributed by atoms with Crippen LogP contribution in [0.1, 0.15) is 36.8 Å². The number of hydrogen-bond acceptors (Lipinski definition) is 5. The van der Waals surface area contributed by atoms with Gasteiger partial charge in [-0.1, -0.05) is 6.07 Å². The van der Waals surface area contributed by atoms with Crippen LogP contribution in [0, 0.1) is 11.6 Å². The molecule has 1 N–H and O–H groups in total. The quantitative estimate of drug-likeness (QED) is 0.738. The number of carbonyl (C=O) groups excluding carboxylic acids is 1. The second-order valence-electron chi connectivity index (χ2n) is 8.64. The monoisotopic (exact) mass is 447 g/mol. The van der Waals surface area contributed by atoms with Crippen molar-refractivity contribution in [1.82, 2.24) is 25.3 Å². The number of aromatic nitrogens is 2. The summed E-state index contributed by atoms with van der Waals surface area (Å²) in [4.78, 5) is 16.6. The van der Waals surface area contributed by atoms with E-state index in [1.54, 1.807) is 17.3 Å². The van der Waals surface area contributed by atoms with Gasteiger partial charge < -0.3 is 10.2 Å². The molecule has 0 atom stereocenters. The van der Waals surface area contributed by atoms with Gasteiger partial charge in [0.2, 0.25) is 0 Å². The van der Waals surface area contributed by atoms with Gasteiger partial charge in [0.05, 0.1) is 6.20 Å². The Kier molecular flexibility index (Phi) is 7.05. The van der Waals surface area contributed by atoms with Crippen LogP contribution in [0.5, 0.6) is 0 Å². The van der Waals surface area contributed by atoms with E-state index >= 15 is 4.39 Å². The van der Waals surface area contributed by atoms with Crippen molar-refractivity contribution in [3.05, 3.63) is 59.4 Å². The van der Waals surface area contributed by atoms with Crippen LogP contribution in [-0.4, -0.2) is 63.8 Å². The first-order chi connectivity index (χ1) is 15.4. The average Bonchev–Trinajstić information content (AvgIpc) is 2.81. The number of rotatable bonds is 6. The molecule has 2 aliphatic rings. The standard InChI is InChI=1S/C23H28F3N5O/c24-20-2-1-3-21(25)19(20)15-27-18-5-10-31(11-6-18)22(32)23(26)7-12-30(13-8-23)16-17-4-9-28-29-14-17/h1-4,9,14,18,27H,5-8,10-13,15-16H2. The number of carbonyl (C=O) groups is 1. The highest BCUT2D eigenvalue weighted by atomic mass is 19.1. The van der Waals surface area contributed by atoms with Crippen molar-refractivity contribution < 1.29 is 18.0 Å². The highest BCUT2D eigenvalue weighted by Crippen LogP contribution is 2.30. The van der Waals surface area contributed by atoms with Crippen molar-refractivity contribution >= 4 is 5.91 Å². The number of piperidine rings is 2. The maximum absolute atomic E-state index is 15.5. The normalized spacial score (nSPS) is 19.8. The molecule has 0 bridgehead atoms. The topological polar surface area (TPSA) is 61.4 Å². The number of amides is 1. The second kappa shape index (κ2) is 9.95. The lowest BCUT2D eigenvalue weighted by Gasteiger charge is -2.40. The van der Waals surface area contributed by atoms with E-state index in [2.05, 4.69) is 20.4 Å². The van der Waals surface area contributed by atoms with Crippen LogP contribution in [0.3, 0.4) is 0 Å². The van der Waals surface area contributed by atoms with Gasteiger partial charge in [-0.05, 0) is 36.6 Å². The Labute approximate surface area is 185 Å². The SMILES string of the molecule is O=C(N1CCC(NCc2c(F)cccc2F)CC1)C1(F)CCN(Cc2ccnnc2)CC1. The zero-order valence-corrected chi connectivity index (χ0v) is 17.9. The zero-order chi connectivity index (χ0) is 22.6. The first-order valence-electron chi connectivity index (χ1n) is 11.1. The predicted octanol–water partition coefficient (Wildman–Crippen LogP) is 2.84. The molecule has 0 spiro atoms. The van der Waals surface area contributed by atoms with Crippen molar-refractivity contribution in [2.24, 2.45) is 0 Å². The first kappa shape index (κ1) is 22.7. The third kappa shape index (κ3) is 5.27. The third-order valence-corrected chi connectivity index (χ3v) is 6.49. The number of benzene rings is 1. The Morgan fingerprint density at radius 2 is 1.75 bits per heavy atom. The number of halogens is 3. The minimum absolute atomic E-state index is 0.0167. The Bertz CT molecular complexity index is 893. The maximum Gasteiger partial charge on any atom is 0.260 e. The summed E-state index contributed by atoms with van der Waals surface area (Å²) < 4.78 is 43.1. The van der Waals surface area contributed by atoms with Crippen molar-refractivity contribution in [3.8, 4) is 0 Å². The largest absolute Gasteiger partial charge is 0.340 e. The minimum atomic E-state index is -1.83. The van der Waals surface area contributed by atoms with Crippen LogP contribution < -0.4 is 5.32 Å². The molecule has 2 aromatic rings. The fourth-order valence-corrected chi connectivity index (χ4v) is 4.47. The average molecular weight is 448 g/mol. The summed E-state index contributed by atoms with van der Waals surface area (Å²) in [7, 11) is 0. The lowest BCUT2D eigenvalue weighted by Crippen LogP contribution is -2.55. The molecule has 3 heterocycles. The molecule has 1 aromatic heterocycles. The van der Waals surface area contributed by atoms with Crippen LogP contribution in [0.4, 0.5) is 13.2 Å². The maximum atomic E-state index is 15.5. The number of nitrogens with one attached hydrogen (secondary N) is 1. The molecule has 172 valence electrons. The Morgan fingerprint density at radius 1 is 1.06 bits per heavy atom. The lowest BCUT2D eigenvalue weighted by atomic mass is 9.90. The number of alkyl halides is 1. The van der Waals surface area contributed by atoms with Gasteiger partial charge in [-0.25, -0.2) is 13.2 Å². The van der Waals surface area contributed by atoms with Gasteiger partial charge in [0, 0.05) is 69.9 Å². The first-order valence-corrected chi connectivity index (χ1v) is 11.1. The summed E-state index contributed by atoms with van der Waals surface area (Å²) in [6.45, 7) is 2.66. The fraction of sp³-hybridized carbons (Fsp3) is 0.522. The molecule has 32 heavy (non-hydrogen) atoms. The minimum Gasteiger partial charge on any atom is -0.340 e. The van der Waals surface area contributed by atoms with Gasteiger partial charge in [-0.15, -0.1) is 0 Å². The van der Waals surface area contributed by atoms with Crippen molar-refractivity contribution in [2.45, 2.75) is 50.5 Å². The molecule has 0 saturated carbocycles. The van der Waals surface area contributed by atoms with Gasteiger partial charge in [0.15, 0.2) is 5.67 Å². The van der Waals surface area contributed by atoms with Gasteiger partial charge in [0.25, 0.3) is 5.91 Å². The van der Waals surface area contributed by atoms with E-state index in [0.717, 1.165) is 5.56 Å². The molecule has 2 saturated heterocycles. The summed E-state index contributed by atoms with van der Waals surface area (Å²) in [6.07, 6.45) is 4.93. The molecule has 1 aromatic carbocycles. The van der Waals surface area contributed by atoms with Gasteiger partial charge in [-0.3, -0.25) is 9.69 Å². The van der Waals surface area contributed by atoms with E-state index in [-0.39, 0.29) is 31.0 Å². The van der Waals surface area contributed by atoms with E-state index in [1.165, 1.54) is 18.2 Å². The fourth-order valence-electron chi connectivity index (χ4n) is 4.47. The summed E-state index contributed by atoms with van der Waals surface area (Å²) >= 11 is 0. The van der Waals surface area contributed by atoms with E-state index in [1.807, 2.05) is 6.07 Å². The van der Waals surface area contributed by atoms with Crippen LogP contribution in [0.15, 0.2) is 36.7 Å². The molecule has 4 rings (SSSR count). The summed E-state index contributed by atoms with van der Waals surface area (Å²) in [5.74, 6) is -1.58. The van der Waals surface area contributed by atoms with Gasteiger partial charge >= 0.3 is 0 Å². The third-order valence-electron chi connectivity index (χ3n) is 6.49. The molecule has 0 radical (unpaired) electrons. The number of hydrogen-bond donors (Lipinski definition) is 1. The smallest absolute Gasteiger partial charge is 0.260 e. The molecule has 9 heteroatoms. The molecular formula is C23H28F3N5O. The van der Waals surface area contributed by atoms with E-state index in [9.17, 15) is 13.6 Å². The highest BCUT2D eigenvalue weighted by molar-refractivity contribution is 5.85. The summed E-state index contributed by atoms with van der Waals surface area (Å²) in [5, 5.41) is 10.8. The Hall–Kier alpha value is -2.52. The Balaban J connectivity index is 1.23. The molecule has 2 fully saturated rings. The zero-order valence-electron chi connectivity index (χ0n) is 17.9. The molecule has 1 amide bonds. The summed E-state index contributed by atoms with van der Waals surface area (Å²) in [6, 6.07) is 5.73. The van der Waals surface area contributed by atoms with Crippen LogP contribution >= 0.6 is 0 Å². The van der Waals surface area contributed by atoms with Crippen LogP contribution in [-0.2, 0) is 17.9 Å². The van der Waals surface area contributed by atoms with E-state index in [4.69, 9.17) is 0 Å². The van der Waals surface area contributed by atoms with E-state index < -0.39 is 23.2 Å². The van der Waals surface area contributed by atoms with Crippen molar-refractivity contribution in [3.63, 3.8) is 0 Å². The van der Waals surface area contributed by atoms with Crippen molar-refractivity contribution in [2.75, 3.05) is 26.2 Å². The number of nitrogens with zero attached hydrogens (tertiary/aromatic N) is 4. The Morgan fingerprint density at radius 3 is 2.38 bits per heavy atom. The van der Waals surface area contributed by atoms with Gasteiger partial charge in [0.1, 0.15) is 11.6 Å². The second-order valence-corrected chi connectivity index (χ2v) is 8.64. The molecule has 0 aliphatic carbocycles. The van der Waals surface area contributed by atoms with Crippen molar-refractivity contribution in [1.29, 1.82) is 0 Å². The summed E-state index contributed by atoms with van der Waals surface area (Å²) in [5.41, 5.74) is -0.797. The molecule has 0 unspecified atom stereocenters. The predicted molar refractivity (Wildman–Crippen MR) is 113 cm³/mol. The number of likely N-dealkylation sites (tertiary alicyclic amines) is 2. The lowest BCUT2D eigenvalue weighted by molar-refractivity contribution is -0.148. The molecule has 2 aliphatic heterocycles. The van der Waals surface area contributed by atoms with Gasteiger partial charge in [-0.2, -0.15) is 10.2 Å². The molecule has 6 nitrogen and oxygen atoms in total.